The molecule has 0 radical (unpaired) electrons. The van der Waals surface area contributed by atoms with Crippen LogP contribution in [-0.4, -0.2) is 0 Å². The molecule has 0 N–H and O–H groups in total. The molecule has 0 amide bonds. The first kappa shape index (κ1) is 17.5. The number of fused-ring (bicyclic) bond motifs is 2. The molecule has 0 bridgehead atoms. The highest BCUT2D eigenvalue weighted by atomic mass is 15.1. The van der Waals surface area contributed by atoms with Crippen LogP contribution in [-0.2, 0) is 0 Å². The summed E-state index contributed by atoms with van der Waals surface area (Å²) in [7, 11) is 0. The topological polar surface area (TPSA) is 3.24 Å². The SMILES string of the molecule is Cc1ccc(N(c2ccccc2)c2c3ccccc3cc3ccccc23)c(C)c1. The van der Waals surface area contributed by atoms with Crippen molar-refractivity contribution in [1.29, 1.82) is 0 Å². The minimum Gasteiger partial charge on any atom is -0.309 e. The van der Waals surface area contributed by atoms with E-state index in [4.69, 9.17) is 0 Å². The Bertz CT molecular complexity index is 1260. The standard InChI is InChI=1S/C28H23N/c1-20-16-17-27(21(2)18-20)29(24-12-4-3-5-13-24)28-25-14-8-6-10-22(25)19-23-11-7-9-15-26(23)28/h3-19H,1-2H3. The fourth-order valence-corrected chi connectivity index (χ4v) is 4.25. The second kappa shape index (κ2) is 7.10. The van der Waals surface area contributed by atoms with Gasteiger partial charge in [0.1, 0.15) is 0 Å². The lowest BCUT2D eigenvalue weighted by atomic mass is 9.98. The van der Waals surface area contributed by atoms with E-state index in [1.807, 2.05) is 0 Å². The molecule has 0 atom stereocenters. The van der Waals surface area contributed by atoms with Gasteiger partial charge in [-0.1, -0.05) is 84.4 Å². The molecule has 0 spiro atoms. The molecule has 0 saturated heterocycles. The third kappa shape index (κ3) is 3.05. The fraction of sp³-hybridized carbons (Fsp3) is 0.0714. The molecule has 140 valence electrons. The minimum absolute atomic E-state index is 1.17. The molecule has 0 fully saturated rings. The van der Waals surface area contributed by atoms with Gasteiger partial charge in [-0.3, -0.25) is 0 Å². The van der Waals surface area contributed by atoms with Gasteiger partial charge in [0.05, 0.1) is 5.69 Å². The second-order valence-electron chi connectivity index (χ2n) is 7.63. The summed E-state index contributed by atoms with van der Waals surface area (Å²) in [5.74, 6) is 0. The van der Waals surface area contributed by atoms with Gasteiger partial charge in [0, 0.05) is 22.1 Å². The van der Waals surface area contributed by atoms with Gasteiger partial charge < -0.3 is 4.90 Å². The van der Waals surface area contributed by atoms with Crippen LogP contribution in [0, 0.1) is 13.8 Å². The Hall–Kier alpha value is -3.58. The Morgan fingerprint density at radius 1 is 0.552 bits per heavy atom. The molecule has 0 aliphatic heterocycles. The number of anilines is 3. The number of para-hydroxylation sites is 1. The lowest BCUT2D eigenvalue weighted by Gasteiger charge is -2.30. The van der Waals surface area contributed by atoms with E-state index in [9.17, 15) is 0 Å². The van der Waals surface area contributed by atoms with E-state index in [0.29, 0.717) is 0 Å². The molecule has 1 nitrogen and oxygen atoms in total. The van der Waals surface area contributed by atoms with Crippen molar-refractivity contribution in [2.24, 2.45) is 0 Å². The van der Waals surface area contributed by atoms with E-state index < -0.39 is 0 Å². The van der Waals surface area contributed by atoms with Gasteiger partial charge in [0.15, 0.2) is 0 Å². The normalized spacial score (nSPS) is 11.1. The molecule has 0 unspecified atom stereocenters. The molecule has 0 aliphatic rings. The van der Waals surface area contributed by atoms with Crippen molar-refractivity contribution in [3.63, 3.8) is 0 Å². The minimum atomic E-state index is 1.17. The van der Waals surface area contributed by atoms with Gasteiger partial charge >= 0.3 is 0 Å². The molecule has 5 aromatic carbocycles. The van der Waals surface area contributed by atoms with Crippen molar-refractivity contribution in [2.75, 3.05) is 4.90 Å². The van der Waals surface area contributed by atoms with Crippen LogP contribution >= 0.6 is 0 Å². The molecule has 0 aromatic heterocycles. The Kier molecular flexibility index (Phi) is 4.29. The largest absolute Gasteiger partial charge is 0.309 e. The van der Waals surface area contributed by atoms with E-state index in [0.717, 1.165) is 0 Å². The first-order valence-electron chi connectivity index (χ1n) is 10.1. The average molecular weight is 373 g/mol. The first-order chi connectivity index (χ1) is 14.2. The lowest BCUT2D eigenvalue weighted by Crippen LogP contribution is -2.12. The van der Waals surface area contributed by atoms with Crippen LogP contribution in [0.5, 0.6) is 0 Å². The Labute approximate surface area is 171 Å². The Morgan fingerprint density at radius 2 is 1.14 bits per heavy atom. The maximum Gasteiger partial charge on any atom is 0.0618 e. The number of hydrogen-bond acceptors (Lipinski definition) is 1. The average Bonchev–Trinajstić information content (AvgIpc) is 2.75. The number of rotatable bonds is 3. The fourth-order valence-electron chi connectivity index (χ4n) is 4.25. The predicted octanol–water partition coefficient (Wildman–Crippen LogP) is 8.08. The van der Waals surface area contributed by atoms with E-state index in [2.05, 4.69) is 122 Å². The van der Waals surface area contributed by atoms with Crippen molar-refractivity contribution in [3.05, 3.63) is 114 Å². The predicted molar refractivity (Wildman–Crippen MR) is 126 cm³/mol. The van der Waals surface area contributed by atoms with Crippen molar-refractivity contribution < 1.29 is 0 Å². The highest BCUT2D eigenvalue weighted by Gasteiger charge is 2.19. The van der Waals surface area contributed by atoms with Crippen LogP contribution in [0.1, 0.15) is 11.1 Å². The molecular weight excluding hydrogens is 350 g/mol. The zero-order chi connectivity index (χ0) is 19.8. The van der Waals surface area contributed by atoms with Crippen molar-refractivity contribution >= 4 is 38.6 Å². The van der Waals surface area contributed by atoms with Crippen LogP contribution in [0.4, 0.5) is 17.1 Å². The second-order valence-corrected chi connectivity index (χ2v) is 7.63. The van der Waals surface area contributed by atoms with Gasteiger partial charge in [-0.25, -0.2) is 0 Å². The smallest absolute Gasteiger partial charge is 0.0618 e. The van der Waals surface area contributed by atoms with Crippen LogP contribution in [0.2, 0.25) is 0 Å². The highest BCUT2D eigenvalue weighted by molar-refractivity contribution is 6.14. The number of aryl methyl sites for hydroxylation is 2. The third-order valence-corrected chi connectivity index (χ3v) is 5.57. The first-order valence-corrected chi connectivity index (χ1v) is 10.1. The summed E-state index contributed by atoms with van der Waals surface area (Å²) in [5, 5.41) is 5.03. The molecule has 29 heavy (non-hydrogen) atoms. The van der Waals surface area contributed by atoms with Gasteiger partial charge in [-0.05, 0) is 54.4 Å². The van der Waals surface area contributed by atoms with Crippen LogP contribution in [0.3, 0.4) is 0 Å². The van der Waals surface area contributed by atoms with Gasteiger partial charge in [-0.15, -0.1) is 0 Å². The molecule has 1 heteroatoms. The highest BCUT2D eigenvalue weighted by Crippen LogP contribution is 2.44. The van der Waals surface area contributed by atoms with Crippen LogP contribution < -0.4 is 4.90 Å². The van der Waals surface area contributed by atoms with Gasteiger partial charge in [0.25, 0.3) is 0 Å². The van der Waals surface area contributed by atoms with E-state index >= 15 is 0 Å². The van der Waals surface area contributed by atoms with Gasteiger partial charge in [0.2, 0.25) is 0 Å². The maximum atomic E-state index is 2.42. The molecule has 5 aromatic rings. The molecule has 0 saturated carbocycles. The summed E-state index contributed by atoms with van der Waals surface area (Å²) in [6.45, 7) is 4.35. The molecule has 0 aliphatic carbocycles. The Balaban J connectivity index is 1.93. The lowest BCUT2D eigenvalue weighted by molar-refractivity contribution is 1.26. The zero-order valence-electron chi connectivity index (χ0n) is 16.8. The summed E-state index contributed by atoms with van der Waals surface area (Å²) in [6, 6.07) is 37.0. The summed E-state index contributed by atoms with van der Waals surface area (Å²) < 4.78 is 0. The van der Waals surface area contributed by atoms with Crippen molar-refractivity contribution in [3.8, 4) is 0 Å². The van der Waals surface area contributed by atoms with E-state index in [1.54, 1.807) is 0 Å². The molecule has 5 rings (SSSR count). The zero-order valence-corrected chi connectivity index (χ0v) is 16.8. The Morgan fingerprint density at radius 3 is 1.76 bits per heavy atom. The monoisotopic (exact) mass is 373 g/mol. The van der Waals surface area contributed by atoms with Crippen LogP contribution in [0.25, 0.3) is 21.5 Å². The summed E-state index contributed by atoms with van der Waals surface area (Å²) in [6.07, 6.45) is 0. The van der Waals surface area contributed by atoms with Crippen molar-refractivity contribution in [1.82, 2.24) is 0 Å². The molecule has 0 heterocycles. The van der Waals surface area contributed by atoms with Gasteiger partial charge in [-0.2, -0.15) is 0 Å². The number of benzene rings is 5. The summed E-state index contributed by atoms with van der Waals surface area (Å²) in [5.41, 5.74) is 6.16. The van der Waals surface area contributed by atoms with Crippen molar-refractivity contribution in [2.45, 2.75) is 13.8 Å². The molecular formula is C28H23N. The van der Waals surface area contributed by atoms with Crippen LogP contribution in [0.15, 0.2) is 103 Å². The number of hydrogen-bond donors (Lipinski definition) is 0. The maximum absolute atomic E-state index is 2.42. The summed E-state index contributed by atoms with van der Waals surface area (Å²) in [4.78, 5) is 2.42. The number of nitrogens with zero attached hydrogens (tertiary/aromatic N) is 1. The third-order valence-electron chi connectivity index (χ3n) is 5.57. The van der Waals surface area contributed by atoms with E-state index in [1.165, 1.54) is 49.7 Å². The van der Waals surface area contributed by atoms with E-state index in [-0.39, 0.29) is 0 Å². The quantitative estimate of drug-likeness (QED) is 0.289. The summed E-state index contributed by atoms with van der Waals surface area (Å²) >= 11 is 0.